The van der Waals surface area contributed by atoms with Gasteiger partial charge < -0.3 is 10.5 Å². The lowest BCUT2D eigenvalue weighted by Gasteiger charge is -2.26. The van der Waals surface area contributed by atoms with Crippen LogP contribution in [0.15, 0.2) is 23.2 Å². The van der Waals surface area contributed by atoms with Crippen molar-refractivity contribution in [2.24, 2.45) is 10.7 Å². The van der Waals surface area contributed by atoms with Crippen molar-refractivity contribution >= 4 is 27.6 Å². The molecule has 3 rings (SSSR count). The molecule has 0 aliphatic carbocycles. The highest BCUT2D eigenvalue weighted by Gasteiger charge is 2.24. The molecule has 1 aromatic carbocycles. The molecule has 2 heterocycles. The topological polar surface area (TPSA) is 97.0 Å². The Kier molecular flexibility index (Phi) is 3.73. The Balaban J connectivity index is 1.79. The molecule has 1 fully saturated rings. The number of hydrogen-bond acceptors (Lipinski definition) is 5. The van der Waals surface area contributed by atoms with Crippen molar-refractivity contribution in [1.82, 2.24) is 4.31 Å². The molecule has 0 saturated carbocycles. The molecule has 7 nitrogen and oxygen atoms in total. The number of amidine groups is 1. The third-order valence-electron chi connectivity index (χ3n) is 3.59. The predicted molar refractivity (Wildman–Crippen MR) is 80.5 cm³/mol. The molecule has 21 heavy (non-hydrogen) atoms. The van der Waals surface area contributed by atoms with E-state index in [1.165, 1.54) is 4.31 Å². The molecule has 0 amide bonds. The molecule has 0 aromatic heterocycles. The Hall–Kier alpha value is -1.80. The van der Waals surface area contributed by atoms with Gasteiger partial charge >= 0.3 is 10.2 Å². The van der Waals surface area contributed by atoms with E-state index in [4.69, 9.17) is 10.5 Å². The third kappa shape index (κ3) is 3.11. The van der Waals surface area contributed by atoms with Gasteiger partial charge in [-0.2, -0.15) is 17.7 Å². The number of rotatable bonds is 3. The molecule has 8 heteroatoms. The number of nitrogens with zero attached hydrogens (tertiary/aromatic N) is 2. The zero-order valence-corrected chi connectivity index (χ0v) is 12.4. The van der Waals surface area contributed by atoms with Crippen LogP contribution in [0.2, 0.25) is 0 Å². The quantitative estimate of drug-likeness (QED) is 0.879. The van der Waals surface area contributed by atoms with Crippen LogP contribution in [0, 0.1) is 0 Å². The van der Waals surface area contributed by atoms with Crippen molar-refractivity contribution in [3.05, 3.63) is 23.8 Å². The molecular formula is C13H18N4O3S. The lowest BCUT2D eigenvalue weighted by Crippen LogP contribution is -2.39. The van der Waals surface area contributed by atoms with E-state index >= 15 is 0 Å². The highest BCUT2D eigenvalue weighted by atomic mass is 32.2. The second-order valence-electron chi connectivity index (χ2n) is 5.15. The van der Waals surface area contributed by atoms with Crippen LogP contribution in [0.5, 0.6) is 0 Å². The van der Waals surface area contributed by atoms with Crippen molar-refractivity contribution in [1.29, 1.82) is 0 Å². The number of ether oxygens (including phenoxy) is 1. The molecule has 0 atom stereocenters. The Morgan fingerprint density at radius 3 is 2.76 bits per heavy atom. The minimum atomic E-state index is -3.49. The van der Waals surface area contributed by atoms with Gasteiger partial charge in [-0.15, -0.1) is 0 Å². The maximum absolute atomic E-state index is 12.3. The highest BCUT2D eigenvalue weighted by molar-refractivity contribution is 7.90. The first-order chi connectivity index (χ1) is 10.0. The van der Waals surface area contributed by atoms with E-state index in [-0.39, 0.29) is 6.02 Å². The van der Waals surface area contributed by atoms with E-state index in [1.807, 2.05) is 0 Å². The summed E-state index contributed by atoms with van der Waals surface area (Å²) in [5.74, 6) is 0. The number of nitrogens with two attached hydrogens (primary N) is 1. The van der Waals surface area contributed by atoms with Crippen LogP contribution in [0.3, 0.4) is 0 Å². The summed E-state index contributed by atoms with van der Waals surface area (Å²) in [6, 6.07) is 5.28. The number of nitrogens with one attached hydrogen (secondary N) is 1. The van der Waals surface area contributed by atoms with Crippen LogP contribution < -0.4 is 10.5 Å². The van der Waals surface area contributed by atoms with Crippen molar-refractivity contribution in [3.8, 4) is 0 Å². The molecule has 2 aliphatic heterocycles. The summed E-state index contributed by atoms with van der Waals surface area (Å²) in [5.41, 5.74) is 7.53. The lowest BCUT2D eigenvalue weighted by atomic mass is 10.1. The summed E-state index contributed by atoms with van der Waals surface area (Å²) in [6.07, 6.45) is 2.90. The van der Waals surface area contributed by atoms with Crippen LogP contribution in [-0.2, 0) is 21.6 Å². The van der Waals surface area contributed by atoms with E-state index in [9.17, 15) is 8.42 Å². The van der Waals surface area contributed by atoms with E-state index in [1.54, 1.807) is 18.2 Å². The zero-order chi connectivity index (χ0) is 14.9. The summed E-state index contributed by atoms with van der Waals surface area (Å²) in [4.78, 5) is 4.06. The minimum absolute atomic E-state index is 0.129. The Bertz CT molecular complexity index is 666. The number of fused-ring (bicyclic) bond motifs is 1. The van der Waals surface area contributed by atoms with Crippen molar-refractivity contribution < 1.29 is 13.2 Å². The van der Waals surface area contributed by atoms with Crippen molar-refractivity contribution in [2.75, 3.05) is 17.8 Å². The molecule has 0 radical (unpaired) electrons. The van der Waals surface area contributed by atoms with Gasteiger partial charge in [-0.3, -0.25) is 4.72 Å². The Morgan fingerprint density at radius 1 is 1.24 bits per heavy atom. The molecular weight excluding hydrogens is 292 g/mol. The summed E-state index contributed by atoms with van der Waals surface area (Å²) < 4.78 is 33.9. The fourth-order valence-electron chi connectivity index (χ4n) is 2.50. The summed E-state index contributed by atoms with van der Waals surface area (Å²) >= 11 is 0. The average Bonchev–Trinajstić information content (AvgIpc) is 2.48. The van der Waals surface area contributed by atoms with Gasteiger partial charge in [0.2, 0.25) is 0 Å². The molecule has 3 N–H and O–H groups in total. The monoisotopic (exact) mass is 310 g/mol. The number of piperidine rings is 1. The van der Waals surface area contributed by atoms with E-state index in [2.05, 4.69) is 9.71 Å². The summed E-state index contributed by atoms with van der Waals surface area (Å²) in [7, 11) is -3.49. The van der Waals surface area contributed by atoms with Crippen LogP contribution in [0.1, 0.15) is 24.8 Å². The van der Waals surface area contributed by atoms with Gasteiger partial charge in [0.25, 0.3) is 6.02 Å². The van der Waals surface area contributed by atoms with Crippen molar-refractivity contribution in [3.63, 3.8) is 0 Å². The lowest BCUT2D eigenvalue weighted by molar-refractivity contribution is 0.282. The SMILES string of the molecule is NC1=Nc2ccc(NS(=O)(=O)N3CCCCC3)cc2CO1. The number of aliphatic imine (C=N–C) groups is 1. The first-order valence-corrected chi connectivity index (χ1v) is 8.36. The number of hydrogen-bond donors (Lipinski definition) is 2. The molecule has 2 aliphatic rings. The van der Waals surface area contributed by atoms with Gasteiger partial charge in [0, 0.05) is 18.7 Å². The van der Waals surface area contributed by atoms with Crippen molar-refractivity contribution in [2.45, 2.75) is 25.9 Å². The van der Waals surface area contributed by atoms with Gasteiger partial charge in [0.15, 0.2) is 0 Å². The van der Waals surface area contributed by atoms with Gasteiger partial charge in [-0.05, 0) is 31.0 Å². The first kappa shape index (κ1) is 14.2. The van der Waals surface area contributed by atoms with Crippen LogP contribution in [-0.4, -0.2) is 31.8 Å². The molecule has 1 saturated heterocycles. The second kappa shape index (κ2) is 5.53. The molecule has 1 aromatic rings. The summed E-state index contributed by atoms with van der Waals surface area (Å²) in [6.45, 7) is 1.44. The molecule has 0 unspecified atom stereocenters. The van der Waals surface area contributed by atoms with E-state index < -0.39 is 10.2 Å². The van der Waals surface area contributed by atoms with Gasteiger partial charge in [-0.1, -0.05) is 6.42 Å². The number of benzene rings is 1. The normalized spacial score (nSPS) is 19.3. The van der Waals surface area contributed by atoms with Crippen LogP contribution in [0.25, 0.3) is 0 Å². The zero-order valence-electron chi connectivity index (χ0n) is 11.6. The standard InChI is InChI=1S/C13H18N4O3S/c14-13-15-12-5-4-11(8-10(12)9-20-13)16-21(18,19)17-6-2-1-3-7-17/h4-5,8,16H,1-3,6-7,9H2,(H2,14,15). The molecule has 0 bridgehead atoms. The smallest absolute Gasteiger partial charge is 0.301 e. The van der Waals surface area contributed by atoms with Crippen LogP contribution in [0.4, 0.5) is 11.4 Å². The highest BCUT2D eigenvalue weighted by Crippen LogP contribution is 2.27. The largest absolute Gasteiger partial charge is 0.460 e. The van der Waals surface area contributed by atoms with Gasteiger partial charge in [0.1, 0.15) is 6.61 Å². The predicted octanol–water partition coefficient (Wildman–Crippen LogP) is 1.31. The molecule has 114 valence electrons. The van der Waals surface area contributed by atoms with Gasteiger partial charge in [0.05, 0.1) is 11.4 Å². The van der Waals surface area contributed by atoms with Crippen LogP contribution >= 0.6 is 0 Å². The Morgan fingerprint density at radius 2 is 2.00 bits per heavy atom. The fourth-order valence-corrected chi connectivity index (χ4v) is 3.79. The van der Waals surface area contributed by atoms with Gasteiger partial charge in [-0.25, -0.2) is 0 Å². The average molecular weight is 310 g/mol. The Labute approximate surface area is 124 Å². The minimum Gasteiger partial charge on any atom is -0.460 e. The second-order valence-corrected chi connectivity index (χ2v) is 6.82. The maximum atomic E-state index is 12.3. The summed E-state index contributed by atoms with van der Waals surface area (Å²) in [5, 5.41) is 0. The van der Waals surface area contributed by atoms with E-state index in [0.29, 0.717) is 31.1 Å². The number of anilines is 1. The fraction of sp³-hybridized carbons (Fsp3) is 0.462. The third-order valence-corrected chi connectivity index (χ3v) is 5.13. The van der Waals surface area contributed by atoms with E-state index in [0.717, 1.165) is 24.8 Å². The maximum Gasteiger partial charge on any atom is 0.301 e. The first-order valence-electron chi connectivity index (χ1n) is 6.92. The molecule has 0 spiro atoms.